The number of carbonyl (C=O) groups is 5. The quantitative estimate of drug-likeness (QED) is 0.245. The lowest BCUT2D eigenvalue weighted by Crippen LogP contribution is -2.52. The summed E-state index contributed by atoms with van der Waals surface area (Å²) in [7, 11) is 0. The number of fused-ring (bicyclic) bond motifs is 1. The normalized spacial score (nSPS) is 16.5. The Balaban J connectivity index is 1.34. The number of imide groups is 1. The highest BCUT2D eigenvalue weighted by Gasteiger charge is 2.39. The van der Waals surface area contributed by atoms with Crippen molar-refractivity contribution in [2.45, 2.75) is 58.3 Å². The van der Waals surface area contributed by atoms with Crippen LogP contribution in [-0.4, -0.2) is 52.9 Å². The van der Waals surface area contributed by atoms with Crippen molar-refractivity contribution in [2.24, 2.45) is 0 Å². The van der Waals surface area contributed by atoms with E-state index in [0.29, 0.717) is 10.6 Å². The summed E-state index contributed by atoms with van der Waals surface area (Å²) in [4.78, 5) is 63.0. The molecule has 0 aromatic heterocycles. The fraction of sp³-hybridized carbons (Fsp3) is 0.345. The summed E-state index contributed by atoms with van der Waals surface area (Å²) in [6, 6.07) is 8.61. The zero-order valence-corrected chi connectivity index (χ0v) is 23.7. The Morgan fingerprint density at radius 1 is 1.15 bits per heavy atom. The van der Waals surface area contributed by atoms with Crippen LogP contribution in [0.3, 0.4) is 0 Å². The van der Waals surface area contributed by atoms with Crippen LogP contribution < -0.4 is 20.7 Å². The molecule has 0 saturated carbocycles. The summed E-state index contributed by atoms with van der Waals surface area (Å²) >= 11 is 6.12. The van der Waals surface area contributed by atoms with Crippen LogP contribution in [0.4, 0.5) is 10.5 Å². The minimum absolute atomic E-state index is 0.108. The lowest BCUT2D eigenvalue weighted by Gasteiger charge is -2.29. The number of carbonyl (C=O) groups excluding carboxylic acids is 5. The fourth-order valence-corrected chi connectivity index (χ4v) is 4.56. The predicted molar refractivity (Wildman–Crippen MR) is 150 cm³/mol. The number of nitrogens with zero attached hydrogens (tertiary/aromatic N) is 1. The maximum absolute atomic E-state index is 12.9. The molecule has 5 amide bonds. The van der Waals surface area contributed by atoms with Crippen molar-refractivity contribution in [3.63, 3.8) is 0 Å². The number of hydrogen-bond donors (Lipinski definition) is 3. The van der Waals surface area contributed by atoms with Crippen molar-refractivity contribution in [3.8, 4) is 5.75 Å². The van der Waals surface area contributed by atoms with Crippen LogP contribution in [0.25, 0.3) is 0 Å². The average molecular weight is 583 g/mol. The Morgan fingerprint density at radius 2 is 1.90 bits per heavy atom. The summed E-state index contributed by atoms with van der Waals surface area (Å²) in [5.41, 5.74) is 1.68. The molecule has 12 heteroatoms. The van der Waals surface area contributed by atoms with Crippen molar-refractivity contribution < 1.29 is 33.4 Å². The molecule has 2 aromatic rings. The molecule has 216 valence electrons. The average Bonchev–Trinajstić information content (AvgIpc) is 3.21. The van der Waals surface area contributed by atoms with E-state index in [1.807, 2.05) is 0 Å². The summed E-state index contributed by atoms with van der Waals surface area (Å²) < 4.78 is 11.0. The first-order chi connectivity index (χ1) is 19.3. The minimum Gasteiger partial charge on any atom is -0.486 e. The van der Waals surface area contributed by atoms with Crippen LogP contribution in [0, 0.1) is 0 Å². The van der Waals surface area contributed by atoms with Gasteiger partial charge in [0.05, 0.1) is 11.3 Å². The van der Waals surface area contributed by atoms with Gasteiger partial charge in [0.25, 0.3) is 5.91 Å². The molecule has 1 saturated heterocycles. The topological polar surface area (TPSA) is 143 Å². The van der Waals surface area contributed by atoms with Crippen molar-refractivity contribution >= 4 is 47.0 Å². The lowest BCUT2D eigenvalue weighted by molar-refractivity contribution is -0.150. The molecule has 3 N–H and O–H groups in total. The van der Waals surface area contributed by atoms with E-state index in [9.17, 15) is 24.0 Å². The Morgan fingerprint density at radius 3 is 2.61 bits per heavy atom. The second-order valence-electron chi connectivity index (χ2n) is 10.7. The molecule has 4 rings (SSSR count). The van der Waals surface area contributed by atoms with Crippen LogP contribution in [0.2, 0.25) is 5.02 Å². The highest BCUT2D eigenvalue weighted by atomic mass is 35.5. The SMILES string of the molecule is C=C(COc1ccc(Cl)cc1NC(=O)NCc1ccc2c(c1)CN(C1CCC(=O)NC1=O)C2=O)C(=O)OC(C)(C)C. The second-order valence-corrected chi connectivity index (χ2v) is 11.2. The van der Waals surface area contributed by atoms with E-state index in [1.54, 1.807) is 51.1 Å². The summed E-state index contributed by atoms with van der Waals surface area (Å²) in [6.45, 7) is 9.18. The van der Waals surface area contributed by atoms with Gasteiger partial charge in [-0.3, -0.25) is 19.7 Å². The number of halogens is 1. The summed E-state index contributed by atoms with van der Waals surface area (Å²) in [5.74, 6) is -1.40. The maximum Gasteiger partial charge on any atom is 0.337 e. The van der Waals surface area contributed by atoms with E-state index < -0.39 is 29.6 Å². The van der Waals surface area contributed by atoms with Gasteiger partial charge in [0.2, 0.25) is 11.8 Å². The third-order valence-corrected chi connectivity index (χ3v) is 6.56. The molecule has 2 heterocycles. The number of ether oxygens (including phenoxy) is 2. The number of urea groups is 1. The highest BCUT2D eigenvalue weighted by Crippen LogP contribution is 2.30. The molecular formula is C29H31ClN4O7. The first-order valence-electron chi connectivity index (χ1n) is 13.0. The molecule has 1 unspecified atom stereocenters. The highest BCUT2D eigenvalue weighted by molar-refractivity contribution is 6.31. The number of nitrogens with one attached hydrogen (secondary N) is 3. The van der Waals surface area contributed by atoms with Gasteiger partial charge in [-0.15, -0.1) is 0 Å². The van der Waals surface area contributed by atoms with Gasteiger partial charge in [0.1, 0.15) is 24.0 Å². The first-order valence-corrected chi connectivity index (χ1v) is 13.3. The van der Waals surface area contributed by atoms with E-state index in [2.05, 4.69) is 22.5 Å². The third-order valence-electron chi connectivity index (χ3n) is 6.32. The minimum atomic E-state index is -0.699. The fourth-order valence-electron chi connectivity index (χ4n) is 4.39. The largest absolute Gasteiger partial charge is 0.486 e. The molecule has 2 aliphatic heterocycles. The van der Waals surface area contributed by atoms with Gasteiger partial charge in [-0.05, 0) is 62.6 Å². The van der Waals surface area contributed by atoms with Crippen LogP contribution in [0.15, 0.2) is 48.6 Å². The van der Waals surface area contributed by atoms with Crippen LogP contribution >= 0.6 is 11.6 Å². The Hall–Kier alpha value is -4.38. The van der Waals surface area contributed by atoms with Crippen molar-refractivity contribution in [1.29, 1.82) is 0 Å². The molecule has 41 heavy (non-hydrogen) atoms. The van der Waals surface area contributed by atoms with Crippen LogP contribution in [-0.2, 0) is 32.2 Å². The maximum atomic E-state index is 12.9. The monoisotopic (exact) mass is 582 g/mol. The molecule has 1 atom stereocenters. The standard InChI is InChI=1S/C29H31ClN4O7/c1-16(27(38)41-29(2,3)4)15-40-23-9-6-19(30)12-21(23)32-28(39)31-13-17-5-7-20-18(11-17)14-34(26(20)37)22-8-10-24(35)33-25(22)36/h5-7,9,11-12,22H,1,8,10,13-15H2,2-4H3,(H2,31,32,39)(H,33,35,36). The van der Waals surface area contributed by atoms with Crippen LogP contribution in [0.1, 0.15) is 55.1 Å². The number of amides is 5. The number of hydrogen-bond acceptors (Lipinski definition) is 7. The van der Waals surface area contributed by atoms with Crippen molar-refractivity contribution in [3.05, 3.63) is 70.3 Å². The van der Waals surface area contributed by atoms with E-state index in [4.69, 9.17) is 21.1 Å². The number of rotatable bonds is 8. The second kappa shape index (κ2) is 12.0. The van der Waals surface area contributed by atoms with E-state index in [0.717, 1.165) is 11.1 Å². The van der Waals surface area contributed by atoms with Crippen molar-refractivity contribution in [2.75, 3.05) is 11.9 Å². The number of anilines is 1. The molecule has 11 nitrogen and oxygen atoms in total. The molecular weight excluding hydrogens is 552 g/mol. The van der Waals surface area contributed by atoms with Gasteiger partial charge in [0, 0.05) is 30.1 Å². The lowest BCUT2D eigenvalue weighted by atomic mass is 10.0. The van der Waals surface area contributed by atoms with Gasteiger partial charge >= 0.3 is 12.0 Å². The Labute approximate surface area is 242 Å². The molecule has 0 aliphatic carbocycles. The molecule has 0 bridgehead atoms. The molecule has 1 fully saturated rings. The summed E-state index contributed by atoms with van der Waals surface area (Å²) in [6.07, 6.45) is 0.460. The van der Waals surface area contributed by atoms with E-state index in [-0.39, 0.29) is 61.4 Å². The first kappa shape index (κ1) is 29.6. The Bertz CT molecular complexity index is 1430. The van der Waals surface area contributed by atoms with Gasteiger partial charge in [-0.25, -0.2) is 9.59 Å². The zero-order valence-electron chi connectivity index (χ0n) is 23.0. The zero-order chi connectivity index (χ0) is 29.9. The predicted octanol–water partition coefficient (Wildman–Crippen LogP) is 3.70. The van der Waals surface area contributed by atoms with Gasteiger partial charge < -0.3 is 25.0 Å². The number of piperidine rings is 1. The van der Waals surface area contributed by atoms with Crippen molar-refractivity contribution in [1.82, 2.24) is 15.5 Å². The van der Waals surface area contributed by atoms with E-state index in [1.165, 1.54) is 11.0 Å². The van der Waals surface area contributed by atoms with Gasteiger partial charge in [-0.2, -0.15) is 0 Å². The molecule has 0 spiro atoms. The third kappa shape index (κ3) is 7.43. The summed E-state index contributed by atoms with van der Waals surface area (Å²) in [5, 5.41) is 8.09. The smallest absolute Gasteiger partial charge is 0.337 e. The Kier molecular flexibility index (Phi) is 8.67. The van der Waals surface area contributed by atoms with Gasteiger partial charge in [-0.1, -0.05) is 30.3 Å². The van der Waals surface area contributed by atoms with E-state index >= 15 is 0 Å². The van der Waals surface area contributed by atoms with Gasteiger partial charge in [0.15, 0.2) is 0 Å². The number of esters is 1. The molecule has 2 aromatic carbocycles. The van der Waals surface area contributed by atoms with Crippen LogP contribution in [0.5, 0.6) is 5.75 Å². The molecule has 2 aliphatic rings. The molecule has 0 radical (unpaired) electrons. The number of benzene rings is 2.